The van der Waals surface area contributed by atoms with Crippen LogP contribution in [0.5, 0.6) is 11.5 Å². The van der Waals surface area contributed by atoms with Crippen LogP contribution in [0.15, 0.2) is 71.5 Å². The van der Waals surface area contributed by atoms with E-state index < -0.39 is 11.8 Å². The molecule has 0 spiro atoms. The number of hydrogen-bond donors (Lipinski definition) is 2. The molecule has 0 saturated carbocycles. The van der Waals surface area contributed by atoms with E-state index in [4.69, 9.17) is 21.1 Å². The number of methoxy groups -OCH3 is 2. The molecule has 0 aromatic heterocycles. The van der Waals surface area contributed by atoms with Gasteiger partial charge >= 0.3 is 0 Å². The number of halogens is 2. The van der Waals surface area contributed by atoms with Crippen molar-refractivity contribution < 1.29 is 19.1 Å². The van der Waals surface area contributed by atoms with Gasteiger partial charge in [0.1, 0.15) is 5.70 Å². The zero-order chi connectivity index (χ0) is 26.9. The maximum Gasteiger partial charge on any atom is 0.287 e. The molecule has 0 saturated heterocycles. The summed E-state index contributed by atoms with van der Waals surface area (Å²) in [6.07, 6.45) is 3.04. The first-order valence-electron chi connectivity index (χ1n) is 11.0. The monoisotopic (exact) mass is 632 g/mol. The van der Waals surface area contributed by atoms with Crippen LogP contribution >= 0.6 is 34.2 Å². The van der Waals surface area contributed by atoms with Crippen molar-refractivity contribution >= 4 is 64.0 Å². The minimum atomic E-state index is -0.608. The molecule has 192 valence electrons. The number of hydrogen-bond acceptors (Lipinski definition) is 6. The smallest absolute Gasteiger partial charge is 0.287 e. The predicted octanol–water partition coefficient (Wildman–Crippen LogP) is 4.95. The van der Waals surface area contributed by atoms with Gasteiger partial charge in [-0.3, -0.25) is 9.59 Å². The molecular formula is C27H26ClIN4O4. The molecule has 3 rings (SSSR count). The van der Waals surface area contributed by atoms with Crippen LogP contribution in [0.4, 0.5) is 5.69 Å². The number of rotatable bonds is 9. The van der Waals surface area contributed by atoms with Crippen LogP contribution in [0.2, 0.25) is 5.02 Å². The fourth-order valence-corrected chi connectivity index (χ4v) is 4.33. The molecule has 0 radical (unpaired) electrons. The quantitative estimate of drug-likeness (QED) is 0.151. The van der Waals surface area contributed by atoms with Gasteiger partial charge in [0.25, 0.3) is 11.8 Å². The Kier molecular flexibility index (Phi) is 9.93. The molecule has 0 aliphatic heterocycles. The van der Waals surface area contributed by atoms with Gasteiger partial charge in [-0.1, -0.05) is 35.9 Å². The summed E-state index contributed by atoms with van der Waals surface area (Å²) < 4.78 is 11.5. The van der Waals surface area contributed by atoms with Gasteiger partial charge in [-0.25, -0.2) is 5.43 Å². The van der Waals surface area contributed by atoms with Crippen LogP contribution in [0.3, 0.4) is 0 Å². The molecule has 0 aliphatic carbocycles. The van der Waals surface area contributed by atoms with E-state index in [9.17, 15) is 9.59 Å². The zero-order valence-corrected chi connectivity index (χ0v) is 23.6. The molecule has 0 bridgehead atoms. The Labute approximate surface area is 234 Å². The fraction of sp³-hybridized carbons (Fsp3) is 0.148. The van der Waals surface area contributed by atoms with Gasteiger partial charge in [-0.05, 0) is 76.2 Å². The predicted molar refractivity (Wildman–Crippen MR) is 156 cm³/mol. The molecule has 0 atom stereocenters. The van der Waals surface area contributed by atoms with Crippen LogP contribution in [-0.4, -0.2) is 46.3 Å². The second kappa shape index (κ2) is 13.1. The van der Waals surface area contributed by atoms with Crippen molar-refractivity contribution in [2.45, 2.75) is 0 Å². The third-order valence-electron chi connectivity index (χ3n) is 5.17. The van der Waals surface area contributed by atoms with E-state index in [2.05, 4.69) is 38.4 Å². The Morgan fingerprint density at radius 2 is 1.70 bits per heavy atom. The number of anilines is 1. The number of carbonyl (C=O) groups excluding carboxylic acids is 2. The fourth-order valence-electron chi connectivity index (χ4n) is 3.27. The lowest BCUT2D eigenvalue weighted by Gasteiger charge is -2.13. The van der Waals surface area contributed by atoms with Gasteiger partial charge in [-0.15, -0.1) is 0 Å². The third kappa shape index (κ3) is 7.46. The van der Waals surface area contributed by atoms with E-state index >= 15 is 0 Å². The average molecular weight is 633 g/mol. The van der Waals surface area contributed by atoms with Crippen molar-refractivity contribution in [1.29, 1.82) is 0 Å². The Bertz CT molecular complexity index is 1340. The van der Waals surface area contributed by atoms with Crippen molar-refractivity contribution in [3.05, 3.63) is 91.6 Å². The molecule has 2 N–H and O–H groups in total. The molecule has 3 aromatic carbocycles. The highest BCUT2D eigenvalue weighted by molar-refractivity contribution is 14.1. The summed E-state index contributed by atoms with van der Waals surface area (Å²) in [4.78, 5) is 27.9. The van der Waals surface area contributed by atoms with Gasteiger partial charge in [0, 0.05) is 19.8 Å². The highest BCUT2D eigenvalue weighted by Crippen LogP contribution is 2.33. The third-order valence-corrected chi connectivity index (χ3v) is 6.30. The van der Waals surface area contributed by atoms with Gasteiger partial charge in [0.05, 0.1) is 34.6 Å². The maximum atomic E-state index is 13.1. The maximum absolute atomic E-state index is 13.1. The topological polar surface area (TPSA) is 92.3 Å². The Morgan fingerprint density at radius 3 is 2.32 bits per heavy atom. The van der Waals surface area contributed by atoms with Crippen LogP contribution in [0, 0.1) is 3.57 Å². The minimum absolute atomic E-state index is 0.00145. The van der Waals surface area contributed by atoms with Crippen LogP contribution < -0.4 is 25.1 Å². The van der Waals surface area contributed by atoms with E-state index in [0.717, 1.165) is 9.26 Å². The summed E-state index contributed by atoms with van der Waals surface area (Å²) in [7, 11) is 6.98. The normalized spacial score (nSPS) is 11.2. The molecular weight excluding hydrogens is 607 g/mol. The van der Waals surface area contributed by atoms with Gasteiger partial charge in [-0.2, -0.15) is 5.10 Å². The van der Waals surface area contributed by atoms with Gasteiger partial charge < -0.3 is 19.7 Å². The number of ether oxygens (including phenoxy) is 2. The second-order valence-electron chi connectivity index (χ2n) is 7.92. The number of amides is 2. The number of hydrazone groups is 1. The molecule has 0 unspecified atom stereocenters. The van der Waals surface area contributed by atoms with E-state index in [1.54, 1.807) is 50.6 Å². The van der Waals surface area contributed by atoms with E-state index in [1.165, 1.54) is 6.21 Å². The van der Waals surface area contributed by atoms with Crippen LogP contribution in [0.25, 0.3) is 6.08 Å². The molecule has 0 aliphatic rings. The number of nitrogens with one attached hydrogen (secondary N) is 2. The number of benzene rings is 3. The largest absolute Gasteiger partial charge is 0.493 e. The Balaban J connectivity index is 1.86. The molecule has 37 heavy (non-hydrogen) atoms. The summed E-state index contributed by atoms with van der Waals surface area (Å²) in [6, 6.07) is 17.7. The highest BCUT2D eigenvalue weighted by atomic mass is 127. The molecule has 3 aromatic rings. The average Bonchev–Trinajstić information content (AvgIpc) is 2.88. The van der Waals surface area contributed by atoms with Crippen molar-refractivity contribution in [1.82, 2.24) is 10.7 Å². The number of carbonyl (C=O) groups is 2. The first-order valence-corrected chi connectivity index (χ1v) is 12.5. The van der Waals surface area contributed by atoms with E-state index in [-0.39, 0.29) is 16.3 Å². The first-order chi connectivity index (χ1) is 17.7. The van der Waals surface area contributed by atoms with Gasteiger partial charge in [0.2, 0.25) is 0 Å². The molecule has 10 heteroatoms. The highest BCUT2D eigenvalue weighted by Gasteiger charge is 2.16. The molecule has 0 heterocycles. The van der Waals surface area contributed by atoms with Crippen molar-refractivity contribution in [3.8, 4) is 11.5 Å². The SMILES string of the molecule is COc1cc(/C=N/NC(=O)/C(=C\c2ccc(N(C)C)cc2)NC(=O)c2ccccc2Cl)cc(I)c1OC. The summed E-state index contributed by atoms with van der Waals surface area (Å²) in [5.74, 6) is 0.0202. The Hall–Kier alpha value is -3.57. The van der Waals surface area contributed by atoms with Crippen molar-refractivity contribution in [2.75, 3.05) is 33.2 Å². The number of nitrogens with zero attached hydrogens (tertiary/aromatic N) is 2. The van der Waals surface area contributed by atoms with E-state index in [1.807, 2.05) is 49.3 Å². The second-order valence-corrected chi connectivity index (χ2v) is 9.48. The standard InChI is InChI=1S/C27H26ClIN4O4/c1-33(2)19-11-9-17(10-12-19)14-23(31-26(34)20-7-5-6-8-21(20)28)27(35)32-30-16-18-13-22(29)25(37-4)24(15-18)36-3/h5-16H,1-4H3,(H,31,34)(H,32,35)/b23-14+,30-16+. The van der Waals surface area contributed by atoms with Crippen LogP contribution in [0.1, 0.15) is 21.5 Å². The van der Waals surface area contributed by atoms with Gasteiger partial charge in [0.15, 0.2) is 11.5 Å². The van der Waals surface area contributed by atoms with Crippen LogP contribution in [-0.2, 0) is 4.79 Å². The Morgan fingerprint density at radius 1 is 1.00 bits per heavy atom. The first kappa shape index (κ1) is 28.0. The summed E-state index contributed by atoms with van der Waals surface area (Å²) in [5, 5.41) is 6.99. The lowest BCUT2D eigenvalue weighted by molar-refractivity contribution is -0.117. The molecule has 0 fully saturated rings. The summed E-state index contributed by atoms with van der Waals surface area (Å²) in [6.45, 7) is 0. The zero-order valence-electron chi connectivity index (χ0n) is 20.7. The van der Waals surface area contributed by atoms with Crippen molar-refractivity contribution in [2.24, 2.45) is 5.10 Å². The minimum Gasteiger partial charge on any atom is -0.493 e. The molecule has 8 nitrogen and oxygen atoms in total. The molecule has 2 amide bonds. The lowest BCUT2D eigenvalue weighted by atomic mass is 10.1. The van der Waals surface area contributed by atoms with E-state index in [0.29, 0.717) is 22.6 Å². The lowest BCUT2D eigenvalue weighted by Crippen LogP contribution is -2.33. The van der Waals surface area contributed by atoms with Crippen molar-refractivity contribution in [3.63, 3.8) is 0 Å². The summed E-state index contributed by atoms with van der Waals surface area (Å²) in [5.41, 5.74) is 5.12. The summed E-state index contributed by atoms with van der Waals surface area (Å²) >= 11 is 8.30.